The fourth-order valence-electron chi connectivity index (χ4n) is 1.98. The minimum atomic E-state index is -0.847. The molecule has 0 saturated carbocycles. The number of benzene rings is 1. The van der Waals surface area contributed by atoms with Gasteiger partial charge in [-0.3, -0.25) is 4.68 Å². The molecular formula is C14H17F2N3. The van der Waals surface area contributed by atoms with Gasteiger partial charge in [-0.2, -0.15) is 5.10 Å². The molecule has 2 rings (SSSR count). The van der Waals surface area contributed by atoms with Crippen LogP contribution in [0.2, 0.25) is 0 Å². The van der Waals surface area contributed by atoms with Gasteiger partial charge in [-0.25, -0.2) is 8.78 Å². The number of hydrogen-bond donors (Lipinski definition) is 1. The van der Waals surface area contributed by atoms with E-state index in [1.807, 2.05) is 13.2 Å². The van der Waals surface area contributed by atoms with E-state index < -0.39 is 11.6 Å². The molecule has 0 bridgehead atoms. The van der Waals surface area contributed by atoms with Crippen molar-refractivity contribution < 1.29 is 8.78 Å². The maximum Gasteiger partial charge on any atom is 0.160 e. The standard InChI is InChI=1S/C14H17F2N3/c1-9(2)14-10(8-19(3)18-14)7-17-11-4-5-12(15)13(16)6-11/h4-6,8-9,17H,7H2,1-3H3. The van der Waals surface area contributed by atoms with Crippen molar-refractivity contribution in [2.75, 3.05) is 5.32 Å². The van der Waals surface area contributed by atoms with E-state index in [1.165, 1.54) is 6.07 Å². The van der Waals surface area contributed by atoms with E-state index in [1.54, 1.807) is 4.68 Å². The molecule has 2 aromatic rings. The summed E-state index contributed by atoms with van der Waals surface area (Å²) in [5.74, 6) is -1.36. The van der Waals surface area contributed by atoms with Crippen LogP contribution in [0.1, 0.15) is 31.0 Å². The van der Waals surface area contributed by atoms with Crippen LogP contribution in [0, 0.1) is 11.6 Å². The Morgan fingerprint density at radius 2 is 2.00 bits per heavy atom. The number of anilines is 1. The van der Waals surface area contributed by atoms with Crippen molar-refractivity contribution in [3.05, 3.63) is 47.3 Å². The summed E-state index contributed by atoms with van der Waals surface area (Å²) >= 11 is 0. The molecule has 1 aromatic heterocycles. The molecule has 5 heteroatoms. The molecule has 1 heterocycles. The molecule has 0 spiro atoms. The number of hydrogen-bond acceptors (Lipinski definition) is 2. The second kappa shape index (κ2) is 5.38. The molecule has 0 aliphatic heterocycles. The van der Waals surface area contributed by atoms with Gasteiger partial charge >= 0.3 is 0 Å². The quantitative estimate of drug-likeness (QED) is 0.917. The Kier molecular flexibility index (Phi) is 3.83. The zero-order valence-electron chi connectivity index (χ0n) is 11.2. The summed E-state index contributed by atoms with van der Waals surface area (Å²) in [5.41, 5.74) is 2.62. The molecule has 0 aliphatic carbocycles. The molecule has 0 saturated heterocycles. The highest BCUT2D eigenvalue weighted by Crippen LogP contribution is 2.19. The van der Waals surface area contributed by atoms with E-state index in [4.69, 9.17) is 0 Å². The minimum Gasteiger partial charge on any atom is -0.381 e. The topological polar surface area (TPSA) is 29.9 Å². The molecule has 102 valence electrons. The van der Waals surface area contributed by atoms with Crippen LogP contribution in [0.15, 0.2) is 24.4 Å². The van der Waals surface area contributed by atoms with E-state index in [0.717, 1.165) is 23.4 Å². The van der Waals surface area contributed by atoms with E-state index in [0.29, 0.717) is 18.2 Å². The highest BCUT2D eigenvalue weighted by Gasteiger charge is 2.11. The average Bonchev–Trinajstić information content (AvgIpc) is 2.72. The summed E-state index contributed by atoms with van der Waals surface area (Å²) in [5, 5.41) is 7.47. The first-order valence-electron chi connectivity index (χ1n) is 6.18. The Hall–Kier alpha value is -1.91. The van der Waals surface area contributed by atoms with Crippen LogP contribution in [0.4, 0.5) is 14.5 Å². The third-order valence-corrected chi connectivity index (χ3v) is 2.89. The SMILES string of the molecule is CC(C)c1nn(C)cc1CNc1ccc(F)c(F)c1. The fraction of sp³-hybridized carbons (Fsp3) is 0.357. The Balaban J connectivity index is 2.12. The lowest BCUT2D eigenvalue weighted by Gasteiger charge is -2.08. The van der Waals surface area contributed by atoms with Crippen molar-refractivity contribution >= 4 is 5.69 Å². The van der Waals surface area contributed by atoms with Crippen molar-refractivity contribution in [3.63, 3.8) is 0 Å². The van der Waals surface area contributed by atoms with Crippen molar-refractivity contribution in [1.29, 1.82) is 0 Å². The molecular weight excluding hydrogens is 248 g/mol. The van der Waals surface area contributed by atoms with Gasteiger partial charge in [-0.1, -0.05) is 13.8 Å². The largest absolute Gasteiger partial charge is 0.381 e. The van der Waals surface area contributed by atoms with Gasteiger partial charge in [0.2, 0.25) is 0 Å². The lowest BCUT2D eigenvalue weighted by atomic mass is 10.1. The molecule has 3 nitrogen and oxygen atoms in total. The van der Waals surface area contributed by atoms with Gasteiger partial charge in [-0.05, 0) is 18.1 Å². The van der Waals surface area contributed by atoms with Crippen LogP contribution in [0.25, 0.3) is 0 Å². The number of aromatic nitrogens is 2. The van der Waals surface area contributed by atoms with Crippen LogP contribution in [-0.4, -0.2) is 9.78 Å². The number of rotatable bonds is 4. The minimum absolute atomic E-state index is 0.322. The first kappa shape index (κ1) is 13.5. The lowest BCUT2D eigenvalue weighted by molar-refractivity contribution is 0.509. The first-order chi connectivity index (χ1) is 8.97. The smallest absolute Gasteiger partial charge is 0.160 e. The molecule has 0 radical (unpaired) electrons. The van der Waals surface area contributed by atoms with Crippen LogP contribution < -0.4 is 5.32 Å². The summed E-state index contributed by atoms with van der Waals surface area (Å²) < 4.78 is 27.7. The zero-order chi connectivity index (χ0) is 14.0. The van der Waals surface area contributed by atoms with Crippen LogP contribution in [0.5, 0.6) is 0 Å². The highest BCUT2D eigenvalue weighted by molar-refractivity contribution is 5.44. The Bertz CT molecular complexity index is 576. The monoisotopic (exact) mass is 265 g/mol. The second-order valence-corrected chi connectivity index (χ2v) is 4.85. The van der Waals surface area contributed by atoms with Gasteiger partial charge in [0.25, 0.3) is 0 Å². The highest BCUT2D eigenvalue weighted by atomic mass is 19.2. The molecule has 19 heavy (non-hydrogen) atoms. The molecule has 1 N–H and O–H groups in total. The molecule has 0 aliphatic rings. The Morgan fingerprint density at radius 3 is 2.63 bits per heavy atom. The summed E-state index contributed by atoms with van der Waals surface area (Å²) in [7, 11) is 1.87. The van der Waals surface area contributed by atoms with Gasteiger partial charge < -0.3 is 5.32 Å². The second-order valence-electron chi connectivity index (χ2n) is 4.85. The van der Waals surface area contributed by atoms with Crippen molar-refractivity contribution in [2.24, 2.45) is 7.05 Å². The fourth-order valence-corrected chi connectivity index (χ4v) is 1.98. The predicted octanol–water partition coefficient (Wildman–Crippen LogP) is 3.43. The van der Waals surface area contributed by atoms with Crippen molar-refractivity contribution in [2.45, 2.75) is 26.3 Å². The third-order valence-electron chi connectivity index (χ3n) is 2.89. The van der Waals surface area contributed by atoms with Crippen LogP contribution in [0.3, 0.4) is 0 Å². The van der Waals surface area contributed by atoms with Gasteiger partial charge in [0.15, 0.2) is 11.6 Å². The number of nitrogens with one attached hydrogen (secondary N) is 1. The van der Waals surface area contributed by atoms with E-state index in [2.05, 4.69) is 24.3 Å². The molecule has 0 unspecified atom stereocenters. The Morgan fingerprint density at radius 1 is 1.26 bits per heavy atom. The van der Waals surface area contributed by atoms with Gasteiger partial charge in [0, 0.05) is 37.1 Å². The average molecular weight is 265 g/mol. The predicted molar refractivity (Wildman–Crippen MR) is 71.0 cm³/mol. The molecule has 0 amide bonds. The van der Waals surface area contributed by atoms with E-state index >= 15 is 0 Å². The van der Waals surface area contributed by atoms with Gasteiger partial charge in [0.1, 0.15) is 0 Å². The zero-order valence-corrected chi connectivity index (χ0v) is 11.2. The number of aryl methyl sites for hydroxylation is 1. The van der Waals surface area contributed by atoms with Gasteiger partial charge in [-0.15, -0.1) is 0 Å². The van der Waals surface area contributed by atoms with E-state index in [9.17, 15) is 8.78 Å². The van der Waals surface area contributed by atoms with Crippen LogP contribution in [-0.2, 0) is 13.6 Å². The Labute approximate surface area is 111 Å². The van der Waals surface area contributed by atoms with Crippen molar-refractivity contribution in [1.82, 2.24) is 9.78 Å². The molecule has 0 fully saturated rings. The lowest BCUT2D eigenvalue weighted by Crippen LogP contribution is -2.03. The number of nitrogens with zero attached hydrogens (tertiary/aromatic N) is 2. The maximum absolute atomic E-state index is 13.1. The number of halogens is 2. The van der Waals surface area contributed by atoms with E-state index in [-0.39, 0.29) is 0 Å². The van der Waals surface area contributed by atoms with Crippen LogP contribution >= 0.6 is 0 Å². The van der Waals surface area contributed by atoms with Crippen molar-refractivity contribution in [3.8, 4) is 0 Å². The summed E-state index contributed by atoms with van der Waals surface area (Å²) in [6, 6.07) is 3.79. The first-order valence-corrected chi connectivity index (χ1v) is 6.18. The van der Waals surface area contributed by atoms with Gasteiger partial charge in [0.05, 0.1) is 5.69 Å². The summed E-state index contributed by atoms with van der Waals surface area (Å²) in [6.07, 6.45) is 1.93. The summed E-state index contributed by atoms with van der Waals surface area (Å²) in [4.78, 5) is 0. The summed E-state index contributed by atoms with van der Waals surface area (Å²) in [6.45, 7) is 4.68. The normalized spacial score (nSPS) is 11.1. The molecule has 0 atom stereocenters. The maximum atomic E-state index is 13.1. The third kappa shape index (κ3) is 3.10. The molecule has 1 aromatic carbocycles.